The van der Waals surface area contributed by atoms with Crippen LogP contribution >= 0.6 is 0 Å². The summed E-state index contributed by atoms with van der Waals surface area (Å²) in [6.07, 6.45) is 0.828. The average molecular weight is 302 g/mol. The third-order valence-corrected chi connectivity index (χ3v) is 3.86. The van der Waals surface area contributed by atoms with Gasteiger partial charge >= 0.3 is 0 Å². The molecule has 5 nitrogen and oxygen atoms in total. The highest BCUT2D eigenvalue weighted by Gasteiger charge is 2.16. The van der Waals surface area contributed by atoms with Crippen LogP contribution in [0.1, 0.15) is 26.3 Å². The Hall–Kier alpha value is -2.43. The van der Waals surface area contributed by atoms with Gasteiger partial charge in [-0.25, -0.2) is 0 Å². The predicted octanol–water partition coefficient (Wildman–Crippen LogP) is 3.09. The molecule has 0 spiro atoms. The molecule has 22 heavy (non-hydrogen) atoms. The van der Waals surface area contributed by atoms with Gasteiger partial charge in [-0.2, -0.15) is 0 Å². The molecule has 0 amide bonds. The number of ether oxygens (including phenoxy) is 2. The largest absolute Gasteiger partial charge is 0.497 e. The van der Waals surface area contributed by atoms with Crippen molar-refractivity contribution in [2.75, 3.05) is 20.0 Å². The van der Waals surface area contributed by atoms with E-state index < -0.39 is 0 Å². The van der Waals surface area contributed by atoms with Crippen molar-refractivity contribution in [3.05, 3.63) is 40.7 Å². The third kappa shape index (κ3) is 2.79. The van der Waals surface area contributed by atoms with Crippen LogP contribution in [0, 0.1) is 0 Å². The summed E-state index contributed by atoms with van der Waals surface area (Å²) in [5, 5.41) is 0. The number of hydrogen-bond donors (Lipinski definition) is 1. The minimum atomic E-state index is -0.176. The summed E-state index contributed by atoms with van der Waals surface area (Å²) in [6.45, 7) is 4.04. The van der Waals surface area contributed by atoms with E-state index in [0.717, 1.165) is 17.7 Å². The van der Waals surface area contributed by atoms with E-state index in [2.05, 4.69) is 0 Å². The molecule has 1 unspecified atom stereocenters. The summed E-state index contributed by atoms with van der Waals surface area (Å²) in [7, 11) is 3.20. The zero-order valence-corrected chi connectivity index (χ0v) is 13.4. The maximum absolute atomic E-state index is 12.5. The molecule has 1 aromatic heterocycles. The lowest BCUT2D eigenvalue weighted by Gasteiger charge is -2.20. The van der Waals surface area contributed by atoms with Crippen molar-refractivity contribution in [3.8, 4) is 22.8 Å². The zero-order chi connectivity index (χ0) is 16.3. The second kappa shape index (κ2) is 6.56. The summed E-state index contributed by atoms with van der Waals surface area (Å²) in [6, 6.07) is 9.07. The topological polar surface area (TPSA) is 66.5 Å². The minimum absolute atomic E-state index is 0.0396. The molecule has 1 heterocycles. The summed E-state index contributed by atoms with van der Waals surface area (Å²) in [4.78, 5) is 12.5. The van der Waals surface area contributed by atoms with E-state index in [0.29, 0.717) is 11.5 Å². The zero-order valence-electron chi connectivity index (χ0n) is 13.4. The van der Waals surface area contributed by atoms with Crippen LogP contribution in [-0.2, 0) is 0 Å². The van der Waals surface area contributed by atoms with Crippen LogP contribution in [0.25, 0.3) is 11.3 Å². The monoisotopic (exact) mass is 302 g/mol. The van der Waals surface area contributed by atoms with Crippen molar-refractivity contribution in [2.45, 2.75) is 26.3 Å². The van der Waals surface area contributed by atoms with Gasteiger partial charge in [0.05, 0.1) is 25.6 Å². The van der Waals surface area contributed by atoms with Gasteiger partial charge in [-0.15, -0.1) is 0 Å². The molecule has 1 aromatic carbocycles. The predicted molar refractivity (Wildman–Crippen MR) is 88.7 cm³/mol. The molecule has 0 fully saturated rings. The maximum atomic E-state index is 12.5. The second-order valence-corrected chi connectivity index (χ2v) is 5.17. The molecule has 0 saturated carbocycles. The molecule has 5 heteroatoms. The standard InChI is InChI=1S/C17H22N2O3/c1-5-11(2)19-15(9-8-14(18)17(19)20)13-7-6-12(21-3)10-16(13)22-4/h6-11H,5,18H2,1-4H3. The normalized spacial score (nSPS) is 12.0. The number of nitrogen functional groups attached to an aromatic ring is 1. The van der Waals surface area contributed by atoms with Gasteiger partial charge in [-0.3, -0.25) is 4.79 Å². The summed E-state index contributed by atoms with van der Waals surface area (Å²) in [5.41, 5.74) is 7.48. The van der Waals surface area contributed by atoms with Gasteiger partial charge in [0.15, 0.2) is 0 Å². The van der Waals surface area contributed by atoms with E-state index in [9.17, 15) is 4.79 Å². The molecule has 0 radical (unpaired) electrons. The van der Waals surface area contributed by atoms with E-state index in [1.807, 2.05) is 32.0 Å². The van der Waals surface area contributed by atoms with Crippen molar-refractivity contribution in [3.63, 3.8) is 0 Å². The molecule has 0 bridgehead atoms. The van der Waals surface area contributed by atoms with Crippen molar-refractivity contribution >= 4 is 5.69 Å². The molecule has 0 aliphatic rings. The van der Waals surface area contributed by atoms with Crippen molar-refractivity contribution in [1.29, 1.82) is 0 Å². The van der Waals surface area contributed by atoms with Crippen LogP contribution in [0.5, 0.6) is 11.5 Å². The van der Waals surface area contributed by atoms with Gasteiger partial charge < -0.3 is 19.8 Å². The first-order valence-corrected chi connectivity index (χ1v) is 7.26. The highest BCUT2D eigenvalue weighted by molar-refractivity contribution is 5.70. The lowest BCUT2D eigenvalue weighted by atomic mass is 10.1. The van der Waals surface area contributed by atoms with Gasteiger partial charge in [-0.1, -0.05) is 6.92 Å². The number of nitrogens with two attached hydrogens (primary N) is 1. The fraction of sp³-hybridized carbons (Fsp3) is 0.353. The number of benzene rings is 1. The first-order chi connectivity index (χ1) is 10.5. The highest BCUT2D eigenvalue weighted by atomic mass is 16.5. The molecule has 0 aliphatic heterocycles. The van der Waals surface area contributed by atoms with Crippen LogP contribution in [0.15, 0.2) is 35.1 Å². The lowest BCUT2D eigenvalue weighted by Crippen LogP contribution is -2.26. The van der Waals surface area contributed by atoms with E-state index in [1.54, 1.807) is 30.9 Å². The Kier molecular flexibility index (Phi) is 4.75. The van der Waals surface area contributed by atoms with E-state index in [-0.39, 0.29) is 17.3 Å². The number of anilines is 1. The SMILES string of the molecule is CCC(C)n1c(-c2ccc(OC)cc2OC)ccc(N)c1=O. The Morgan fingerprint density at radius 1 is 1.18 bits per heavy atom. The van der Waals surface area contributed by atoms with Crippen molar-refractivity contribution in [1.82, 2.24) is 4.57 Å². The molecule has 1 atom stereocenters. The fourth-order valence-electron chi connectivity index (χ4n) is 2.42. The molecule has 2 aromatic rings. The number of nitrogens with zero attached hydrogens (tertiary/aromatic N) is 1. The van der Waals surface area contributed by atoms with E-state index >= 15 is 0 Å². The van der Waals surface area contributed by atoms with Gasteiger partial charge in [0.25, 0.3) is 5.56 Å². The van der Waals surface area contributed by atoms with E-state index in [1.165, 1.54) is 0 Å². The van der Waals surface area contributed by atoms with Crippen LogP contribution in [-0.4, -0.2) is 18.8 Å². The fourth-order valence-corrected chi connectivity index (χ4v) is 2.42. The Labute approximate surface area is 130 Å². The van der Waals surface area contributed by atoms with E-state index in [4.69, 9.17) is 15.2 Å². The van der Waals surface area contributed by atoms with Crippen LogP contribution in [0.2, 0.25) is 0 Å². The number of rotatable bonds is 5. The molecular formula is C17H22N2O3. The third-order valence-electron chi connectivity index (χ3n) is 3.86. The van der Waals surface area contributed by atoms with Crippen molar-refractivity contribution in [2.24, 2.45) is 0 Å². The quantitative estimate of drug-likeness (QED) is 0.921. The Bertz CT molecular complexity index is 722. The Balaban J connectivity index is 2.72. The molecule has 2 N–H and O–H groups in total. The number of aromatic nitrogens is 1. The minimum Gasteiger partial charge on any atom is -0.497 e. The summed E-state index contributed by atoms with van der Waals surface area (Å²) >= 11 is 0. The van der Waals surface area contributed by atoms with Gasteiger partial charge in [-0.05, 0) is 37.6 Å². The second-order valence-electron chi connectivity index (χ2n) is 5.17. The number of pyridine rings is 1. The number of methoxy groups -OCH3 is 2. The molecule has 0 saturated heterocycles. The van der Waals surface area contributed by atoms with Crippen LogP contribution in [0.4, 0.5) is 5.69 Å². The average Bonchev–Trinajstić information content (AvgIpc) is 2.55. The molecule has 0 aliphatic carbocycles. The van der Waals surface area contributed by atoms with Crippen molar-refractivity contribution < 1.29 is 9.47 Å². The smallest absolute Gasteiger partial charge is 0.274 e. The Morgan fingerprint density at radius 3 is 2.50 bits per heavy atom. The van der Waals surface area contributed by atoms with Crippen LogP contribution in [0.3, 0.4) is 0 Å². The summed E-state index contributed by atoms with van der Waals surface area (Å²) < 4.78 is 12.4. The van der Waals surface area contributed by atoms with Gasteiger partial charge in [0, 0.05) is 17.7 Å². The van der Waals surface area contributed by atoms with Gasteiger partial charge in [0.1, 0.15) is 11.5 Å². The molecular weight excluding hydrogens is 280 g/mol. The van der Waals surface area contributed by atoms with Gasteiger partial charge in [0.2, 0.25) is 0 Å². The van der Waals surface area contributed by atoms with Crippen LogP contribution < -0.4 is 20.8 Å². The first kappa shape index (κ1) is 15.9. The molecule has 2 rings (SSSR count). The first-order valence-electron chi connectivity index (χ1n) is 7.26. The summed E-state index contributed by atoms with van der Waals surface area (Å²) in [5.74, 6) is 1.36. The highest BCUT2D eigenvalue weighted by Crippen LogP contribution is 2.34. The molecule has 118 valence electrons. The Morgan fingerprint density at radius 2 is 1.91 bits per heavy atom. The maximum Gasteiger partial charge on any atom is 0.274 e. The number of hydrogen-bond acceptors (Lipinski definition) is 4. The lowest BCUT2D eigenvalue weighted by molar-refractivity contribution is 0.395.